The number of imidazole rings is 1. The van der Waals surface area contributed by atoms with E-state index in [0.29, 0.717) is 5.56 Å². The van der Waals surface area contributed by atoms with Crippen LogP contribution in [0.3, 0.4) is 0 Å². The number of aryl methyl sites for hydroxylation is 2. The van der Waals surface area contributed by atoms with Crippen LogP contribution in [0.5, 0.6) is 0 Å². The van der Waals surface area contributed by atoms with Gasteiger partial charge in [0.05, 0.1) is 5.57 Å². The molecule has 1 aromatic carbocycles. The van der Waals surface area contributed by atoms with E-state index in [9.17, 15) is 22.8 Å². The molecule has 0 amide bonds. The van der Waals surface area contributed by atoms with Crippen LogP contribution >= 0.6 is 0 Å². The minimum atomic E-state index is -4.70. The first-order valence-corrected chi connectivity index (χ1v) is 7.59. The maximum Gasteiger partial charge on any atom is 0.419 e. The highest BCUT2D eigenvalue weighted by atomic mass is 19.4. The largest absolute Gasteiger partial charge is 0.419 e. The summed E-state index contributed by atoms with van der Waals surface area (Å²) in [6.45, 7) is 0. The third-order valence-electron chi connectivity index (χ3n) is 4.13. The van der Waals surface area contributed by atoms with E-state index < -0.39 is 28.8 Å². The van der Waals surface area contributed by atoms with Crippen LogP contribution in [0.2, 0.25) is 0 Å². The summed E-state index contributed by atoms with van der Waals surface area (Å²) in [4.78, 5) is 28.3. The topological polar surface area (TPSA) is 61.8 Å². The lowest BCUT2D eigenvalue weighted by Crippen LogP contribution is -2.37. The molecule has 2 aromatic heterocycles. The summed E-state index contributed by atoms with van der Waals surface area (Å²) >= 11 is 0. The summed E-state index contributed by atoms with van der Waals surface area (Å²) in [6.07, 6.45) is -3.74. The SMILES string of the molecule is Cn1c(=O)c2c(nc(/C(=C/c3ccccc3)C(F)(F)F)n2C)n(C)c1=O. The zero-order chi connectivity index (χ0) is 19.2. The second-order valence-electron chi connectivity index (χ2n) is 5.84. The summed E-state index contributed by atoms with van der Waals surface area (Å²) in [5, 5.41) is 0. The van der Waals surface area contributed by atoms with Gasteiger partial charge in [0.15, 0.2) is 11.2 Å². The Hall–Kier alpha value is -3.10. The fourth-order valence-electron chi connectivity index (χ4n) is 2.75. The molecule has 0 bridgehead atoms. The van der Waals surface area contributed by atoms with Gasteiger partial charge in [-0.05, 0) is 11.6 Å². The predicted molar refractivity (Wildman–Crippen MR) is 91.6 cm³/mol. The zero-order valence-corrected chi connectivity index (χ0v) is 14.2. The highest BCUT2D eigenvalue weighted by molar-refractivity contribution is 5.85. The standard InChI is InChI=1S/C17H15F3N4O2/c1-22-12-14(23(2)16(26)24(3)15(12)25)21-13(22)11(17(18,19)20)9-10-7-5-4-6-8-10/h4-9H,1-3H3/b11-9-. The summed E-state index contributed by atoms with van der Waals surface area (Å²) in [7, 11) is 3.94. The number of alkyl halides is 3. The molecule has 0 fully saturated rings. The number of rotatable bonds is 2. The van der Waals surface area contributed by atoms with E-state index in [2.05, 4.69) is 4.98 Å². The Kier molecular flexibility index (Phi) is 4.09. The van der Waals surface area contributed by atoms with Gasteiger partial charge in [0.1, 0.15) is 5.82 Å². The number of halogens is 3. The van der Waals surface area contributed by atoms with Crippen LogP contribution in [0.25, 0.3) is 22.8 Å². The number of hydrogen-bond acceptors (Lipinski definition) is 3. The van der Waals surface area contributed by atoms with Crippen LogP contribution in [0.1, 0.15) is 11.4 Å². The summed E-state index contributed by atoms with van der Waals surface area (Å²) in [5.41, 5.74) is -2.20. The molecular weight excluding hydrogens is 349 g/mol. The Bertz CT molecular complexity index is 1140. The van der Waals surface area contributed by atoms with Gasteiger partial charge in [-0.2, -0.15) is 13.2 Å². The van der Waals surface area contributed by atoms with Crippen molar-refractivity contribution in [2.75, 3.05) is 0 Å². The van der Waals surface area contributed by atoms with Crippen molar-refractivity contribution < 1.29 is 13.2 Å². The first-order valence-electron chi connectivity index (χ1n) is 7.59. The average molecular weight is 364 g/mol. The van der Waals surface area contributed by atoms with E-state index in [4.69, 9.17) is 0 Å². The molecular formula is C17H15F3N4O2. The lowest BCUT2D eigenvalue weighted by Gasteiger charge is -2.11. The molecule has 0 aliphatic rings. The molecule has 0 spiro atoms. The van der Waals surface area contributed by atoms with Gasteiger partial charge in [-0.3, -0.25) is 13.9 Å². The van der Waals surface area contributed by atoms with E-state index in [1.165, 1.54) is 33.3 Å². The van der Waals surface area contributed by atoms with Crippen molar-refractivity contribution in [3.63, 3.8) is 0 Å². The molecule has 0 radical (unpaired) electrons. The molecule has 9 heteroatoms. The molecule has 3 rings (SSSR count). The van der Waals surface area contributed by atoms with Gasteiger partial charge in [0.2, 0.25) is 0 Å². The van der Waals surface area contributed by atoms with Gasteiger partial charge in [-0.15, -0.1) is 0 Å². The van der Waals surface area contributed by atoms with Crippen LogP contribution < -0.4 is 11.2 Å². The lowest BCUT2D eigenvalue weighted by atomic mass is 10.1. The number of aromatic nitrogens is 4. The zero-order valence-electron chi connectivity index (χ0n) is 14.2. The highest BCUT2D eigenvalue weighted by Gasteiger charge is 2.38. The third-order valence-corrected chi connectivity index (χ3v) is 4.13. The maximum atomic E-state index is 13.7. The highest BCUT2D eigenvalue weighted by Crippen LogP contribution is 2.35. The normalized spacial score (nSPS) is 12.8. The lowest BCUT2D eigenvalue weighted by molar-refractivity contribution is -0.0689. The van der Waals surface area contributed by atoms with Crippen molar-refractivity contribution >= 4 is 22.8 Å². The van der Waals surface area contributed by atoms with Crippen LogP contribution in [0.15, 0.2) is 39.9 Å². The Morgan fingerprint density at radius 1 is 1.00 bits per heavy atom. The molecule has 0 atom stereocenters. The number of benzene rings is 1. The summed E-state index contributed by atoms with van der Waals surface area (Å²) < 4.78 is 44.0. The molecule has 0 unspecified atom stereocenters. The van der Waals surface area contributed by atoms with E-state index in [0.717, 1.165) is 19.8 Å². The monoisotopic (exact) mass is 364 g/mol. The van der Waals surface area contributed by atoms with Crippen LogP contribution in [-0.2, 0) is 21.1 Å². The molecule has 0 aliphatic carbocycles. The van der Waals surface area contributed by atoms with Crippen molar-refractivity contribution in [3.05, 3.63) is 62.6 Å². The quantitative estimate of drug-likeness (QED) is 0.699. The molecule has 0 N–H and O–H groups in total. The Balaban J connectivity index is 2.39. The Morgan fingerprint density at radius 2 is 1.62 bits per heavy atom. The van der Waals surface area contributed by atoms with E-state index >= 15 is 0 Å². The first-order chi connectivity index (χ1) is 12.1. The Labute approximate surface area is 145 Å². The number of allylic oxidation sites excluding steroid dienone is 1. The molecule has 0 saturated carbocycles. The third kappa shape index (κ3) is 2.75. The van der Waals surface area contributed by atoms with Crippen molar-refractivity contribution in [1.82, 2.24) is 18.7 Å². The summed E-state index contributed by atoms with van der Waals surface area (Å²) in [6, 6.07) is 7.99. The fourth-order valence-corrected chi connectivity index (χ4v) is 2.75. The average Bonchev–Trinajstić information content (AvgIpc) is 2.93. The van der Waals surface area contributed by atoms with Gasteiger partial charge in [-0.1, -0.05) is 30.3 Å². The predicted octanol–water partition coefficient (Wildman–Crippen LogP) is 2.07. The van der Waals surface area contributed by atoms with E-state index in [1.807, 2.05) is 0 Å². The minimum Gasteiger partial charge on any atom is -0.321 e. The number of hydrogen-bond donors (Lipinski definition) is 0. The smallest absolute Gasteiger partial charge is 0.321 e. The second kappa shape index (κ2) is 6.01. The van der Waals surface area contributed by atoms with Gasteiger partial charge >= 0.3 is 11.9 Å². The van der Waals surface area contributed by atoms with Crippen molar-refractivity contribution in [1.29, 1.82) is 0 Å². The molecule has 6 nitrogen and oxygen atoms in total. The van der Waals surface area contributed by atoms with Gasteiger partial charge < -0.3 is 4.57 Å². The van der Waals surface area contributed by atoms with Crippen molar-refractivity contribution in [3.8, 4) is 0 Å². The number of fused-ring (bicyclic) bond motifs is 1. The van der Waals surface area contributed by atoms with Crippen LogP contribution in [0.4, 0.5) is 13.2 Å². The summed E-state index contributed by atoms with van der Waals surface area (Å²) in [5.74, 6) is -0.436. The molecule has 136 valence electrons. The van der Waals surface area contributed by atoms with E-state index in [1.54, 1.807) is 18.2 Å². The fraction of sp³-hybridized carbons (Fsp3) is 0.235. The molecule has 3 aromatic rings. The van der Waals surface area contributed by atoms with Gasteiger partial charge in [0.25, 0.3) is 5.56 Å². The van der Waals surface area contributed by atoms with Crippen molar-refractivity contribution in [2.45, 2.75) is 6.18 Å². The molecule has 0 aliphatic heterocycles. The number of nitrogens with zero attached hydrogens (tertiary/aromatic N) is 4. The minimum absolute atomic E-state index is 0.0761. The molecule has 26 heavy (non-hydrogen) atoms. The van der Waals surface area contributed by atoms with Crippen molar-refractivity contribution in [2.24, 2.45) is 21.1 Å². The van der Waals surface area contributed by atoms with Gasteiger partial charge in [0, 0.05) is 21.1 Å². The first kappa shape index (κ1) is 17.7. The van der Waals surface area contributed by atoms with Gasteiger partial charge in [-0.25, -0.2) is 9.78 Å². The molecule has 2 heterocycles. The van der Waals surface area contributed by atoms with E-state index in [-0.39, 0.29) is 11.2 Å². The maximum absolute atomic E-state index is 13.7. The second-order valence-corrected chi connectivity index (χ2v) is 5.84. The Morgan fingerprint density at radius 3 is 2.19 bits per heavy atom. The van der Waals surface area contributed by atoms with Crippen LogP contribution in [-0.4, -0.2) is 24.9 Å². The molecule has 0 saturated heterocycles. The van der Waals surface area contributed by atoms with Crippen LogP contribution in [0, 0.1) is 0 Å².